The van der Waals surface area contributed by atoms with Gasteiger partial charge in [0.05, 0.1) is 5.69 Å². The minimum absolute atomic E-state index is 0.847. The zero-order valence-electron chi connectivity index (χ0n) is 33.7. The summed E-state index contributed by atoms with van der Waals surface area (Å²) in [5, 5.41) is 4.83. The highest BCUT2D eigenvalue weighted by Crippen LogP contribution is 2.52. The molecule has 0 spiro atoms. The Morgan fingerprint density at radius 3 is 1.56 bits per heavy atom. The molecule has 12 rings (SSSR count). The average Bonchev–Trinajstić information content (AvgIpc) is 3.73. The van der Waals surface area contributed by atoms with Gasteiger partial charge in [-0.05, 0) is 113 Å². The molecule has 10 aromatic carbocycles. The van der Waals surface area contributed by atoms with Crippen LogP contribution in [0.1, 0.15) is 0 Å². The van der Waals surface area contributed by atoms with Crippen LogP contribution in [0.25, 0.3) is 64.3 Å². The summed E-state index contributed by atoms with van der Waals surface area (Å²) in [5.41, 5.74) is 13.5. The fraction of sp³-hybridized carbons (Fsp3) is 0. The molecule has 0 amide bonds. The van der Waals surface area contributed by atoms with Crippen molar-refractivity contribution < 1.29 is 4.74 Å². The molecular weight excluding hydrogens is 773 g/mol. The minimum atomic E-state index is 0.847. The molecule has 0 fully saturated rings. The molecule has 62 heavy (non-hydrogen) atoms. The molecule has 0 saturated heterocycles. The van der Waals surface area contributed by atoms with Crippen molar-refractivity contribution in [1.29, 1.82) is 0 Å². The summed E-state index contributed by atoms with van der Waals surface area (Å²) in [6.45, 7) is 0. The lowest BCUT2D eigenvalue weighted by molar-refractivity contribution is 0.487. The monoisotopic (exact) mass is 810 g/mol. The number of fused-ring (bicyclic) bond motifs is 5. The van der Waals surface area contributed by atoms with Gasteiger partial charge in [-0.1, -0.05) is 146 Å². The number of rotatable bonds is 8. The number of anilines is 6. The number of ether oxygens (including phenoxy) is 1. The summed E-state index contributed by atoms with van der Waals surface area (Å²) >= 11 is 1.87. The van der Waals surface area contributed by atoms with Gasteiger partial charge in [0.1, 0.15) is 11.5 Å². The third kappa shape index (κ3) is 6.11. The van der Waals surface area contributed by atoms with Gasteiger partial charge in [0.25, 0.3) is 0 Å². The Morgan fingerprint density at radius 1 is 0.323 bits per heavy atom. The molecule has 1 aliphatic rings. The SMILES string of the molecule is c1ccc(-c2ccc(N(c3ccc(-c4cccc5c4sc4ccccc45)cc3)c3ccc4c5c(cccc35)-c3cc(N(c5ccccc5)c5ccccc5)ccc3O4)cc2)cc1. The van der Waals surface area contributed by atoms with Crippen LogP contribution in [0, 0.1) is 0 Å². The third-order valence-corrected chi connectivity index (χ3v) is 13.3. The predicted octanol–water partition coefficient (Wildman–Crippen LogP) is 17.3. The van der Waals surface area contributed by atoms with E-state index < -0.39 is 0 Å². The highest BCUT2D eigenvalue weighted by atomic mass is 32.1. The lowest BCUT2D eigenvalue weighted by atomic mass is 9.93. The van der Waals surface area contributed by atoms with E-state index in [1.165, 1.54) is 42.4 Å². The first-order valence-corrected chi connectivity index (χ1v) is 21.8. The molecule has 292 valence electrons. The molecule has 0 bridgehead atoms. The topological polar surface area (TPSA) is 15.7 Å². The van der Waals surface area contributed by atoms with Crippen molar-refractivity contribution in [3.8, 4) is 44.9 Å². The molecule has 0 N–H and O–H groups in total. The molecule has 1 aliphatic heterocycles. The second kappa shape index (κ2) is 15.0. The van der Waals surface area contributed by atoms with Gasteiger partial charge < -0.3 is 14.5 Å². The van der Waals surface area contributed by atoms with Crippen LogP contribution in [0.4, 0.5) is 34.1 Å². The van der Waals surface area contributed by atoms with Crippen LogP contribution < -0.4 is 14.5 Å². The first-order valence-electron chi connectivity index (χ1n) is 21.0. The van der Waals surface area contributed by atoms with Crippen molar-refractivity contribution in [2.75, 3.05) is 9.80 Å². The first kappa shape index (κ1) is 36.0. The van der Waals surface area contributed by atoms with Crippen LogP contribution in [0.2, 0.25) is 0 Å². The van der Waals surface area contributed by atoms with Crippen molar-refractivity contribution in [2.24, 2.45) is 0 Å². The highest BCUT2D eigenvalue weighted by molar-refractivity contribution is 7.26. The summed E-state index contributed by atoms with van der Waals surface area (Å²) in [4.78, 5) is 4.69. The Balaban J connectivity index is 0.999. The fourth-order valence-corrected chi connectivity index (χ4v) is 10.4. The molecule has 0 radical (unpaired) electrons. The number of hydrogen-bond donors (Lipinski definition) is 0. The van der Waals surface area contributed by atoms with Gasteiger partial charge in [0.15, 0.2) is 0 Å². The molecule has 0 atom stereocenters. The van der Waals surface area contributed by atoms with E-state index in [2.05, 4.69) is 240 Å². The Morgan fingerprint density at radius 2 is 0.855 bits per heavy atom. The summed E-state index contributed by atoms with van der Waals surface area (Å²) in [6.07, 6.45) is 0. The van der Waals surface area contributed by atoms with Crippen molar-refractivity contribution in [3.05, 3.63) is 231 Å². The Hall–Kier alpha value is -7.92. The van der Waals surface area contributed by atoms with Gasteiger partial charge in [0, 0.05) is 64.9 Å². The quantitative estimate of drug-likeness (QED) is 0.152. The maximum atomic E-state index is 6.79. The van der Waals surface area contributed by atoms with Gasteiger partial charge in [-0.15, -0.1) is 11.3 Å². The molecule has 3 nitrogen and oxygen atoms in total. The maximum absolute atomic E-state index is 6.79. The van der Waals surface area contributed by atoms with Crippen LogP contribution in [0.5, 0.6) is 11.5 Å². The number of thiophene rings is 1. The minimum Gasteiger partial charge on any atom is -0.456 e. The van der Waals surface area contributed by atoms with Crippen molar-refractivity contribution in [2.45, 2.75) is 0 Å². The zero-order chi connectivity index (χ0) is 41.0. The van der Waals surface area contributed by atoms with Gasteiger partial charge in [-0.25, -0.2) is 0 Å². The maximum Gasteiger partial charge on any atom is 0.136 e. The molecule has 1 aromatic heterocycles. The van der Waals surface area contributed by atoms with Crippen LogP contribution in [0.15, 0.2) is 231 Å². The normalized spacial score (nSPS) is 11.7. The summed E-state index contributed by atoms with van der Waals surface area (Å²) in [7, 11) is 0. The van der Waals surface area contributed by atoms with Gasteiger partial charge in [-0.2, -0.15) is 0 Å². The van der Waals surface area contributed by atoms with Crippen molar-refractivity contribution in [3.63, 3.8) is 0 Å². The zero-order valence-corrected chi connectivity index (χ0v) is 34.5. The summed E-state index contributed by atoms with van der Waals surface area (Å²) < 4.78 is 9.42. The Bertz CT molecular complexity index is 3380. The van der Waals surface area contributed by atoms with E-state index in [0.29, 0.717) is 0 Å². The Labute approximate surface area is 364 Å². The standard InChI is InChI=1S/C58H38N2OS/c1-4-14-39(15-5-1)40-26-30-44(31-27-40)60(45-32-28-41(29-33-45)47-21-12-23-50-48-20-10-11-25-56(48)62-58(47)50)53-35-37-55-57-49(22-13-24-51(53)57)52-38-46(34-36-54(52)61-55)59(42-16-6-2-7-17-42)43-18-8-3-9-19-43/h1-38H. The van der Waals surface area contributed by atoms with Crippen molar-refractivity contribution in [1.82, 2.24) is 0 Å². The molecule has 4 heteroatoms. The third-order valence-electron chi connectivity index (χ3n) is 12.1. The first-order chi connectivity index (χ1) is 30.7. The van der Waals surface area contributed by atoms with Crippen LogP contribution in [-0.2, 0) is 0 Å². The fourth-order valence-electron chi connectivity index (χ4n) is 9.17. The molecule has 0 aliphatic carbocycles. The molecule has 0 unspecified atom stereocenters. The van der Waals surface area contributed by atoms with E-state index in [1.54, 1.807) is 0 Å². The van der Waals surface area contributed by atoms with Crippen molar-refractivity contribution >= 4 is 76.4 Å². The predicted molar refractivity (Wildman–Crippen MR) is 263 cm³/mol. The lowest BCUT2D eigenvalue weighted by Gasteiger charge is -2.30. The van der Waals surface area contributed by atoms with E-state index in [9.17, 15) is 0 Å². The molecule has 0 saturated carbocycles. The average molecular weight is 811 g/mol. The number of benzene rings is 10. The van der Waals surface area contributed by atoms with Crippen LogP contribution in [0.3, 0.4) is 0 Å². The van der Waals surface area contributed by atoms with Gasteiger partial charge in [0.2, 0.25) is 0 Å². The van der Waals surface area contributed by atoms with E-state index >= 15 is 0 Å². The summed E-state index contributed by atoms with van der Waals surface area (Å²) in [5.74, 6) is 1.70. The smallest absolute Gasteiger partial charge is 0.136 e. The highest BCUT2D eigenvalue weighted by Gasteiger charge is 2.26. The number of hydrogen-bond acceptors (Lipinski definition) is 4. The number of para-hydroxylation sites is 2. The second-order valence-corrected chi connectivity index (χ2v) is 16.7. The summed E-state index contributed by atoms with van der Waals surface area (Å²) in [6, 6.07) is 82.6. The molecule has 2 heterocycles. The van der Waals surface area contributed by atoms with E-state index in [0.717, 1.165) is 67.5 Å². The lowest BCUT2D eigenvalue weighted by Crippen LogP contribution is -2.12. The molecular formula is C58H38N2OS. The van der Waals surface area contributed by atoms with Gasteiger partial charge >= 0.3 is 0 Å². The van der Waals surface area contributed by atoms with Gasteiger partial charge in [-0.3, -0.25) is 0 Å². The van der Waals surface area contributed by atoms with E-state index in [-0.39, 0.29) is 0 Å². The van der Waals surface area contributed by atoms with E-state index in [1.807, 2.05) is 11.3 Å². The Kier molecular flexibility index (Phi) is 8.68. The van der Waals surface area contributed by atoms with Crippen LogP contribution in [-0.4, -0.2) is 0 Å². The van der Waals surface area contributed by atoms with Crippen LogP contribution >= 0.6 is 11.3 Å². The molecule has 11 aromatic rings. The van der Waals surface area contributed by atoms with E-state index in [4.69, 9.17) is 4.74 Å². The number of nitrogens with zero attached hydrogens (tertiary/aromatic N) is 2. The largest absolute Gasteiger partial charge is 0.456 e. The second-order valence-electron chi connectivity index (χ2n) is 15.7.